The number of pyridine rings is 2. The lowest BCUT2D eigenvalue weighted by Crippen LogP contribution is -2.49. The number of imidazole rings is 1. The van der Waals surface area contributed by atoms with Crippen molar-refractivity contribution in [3.05, 3.63) is 80.8 Å². The lowest BCUT2D eigenvalue weighted by molar-refractivity contribution is -0.149. The van der Waals surface area contributed by atoms with Crippen molar-refractivity contribution in [3.63, 3.8) is 0 Å². The molecule has 0 spiro atoms. The first-order chi connectivity index (χ1) is 19.8. The van der Waals surface area contributed by atoms with Gasteiger partial charge in [0, 0.05) is 98.0 Å². The highest BCUT2D eigenvalue weighted by molar-refractivity contribution is 5.97. The van der Waals surface area contributed by atoms with E-state index in [1.165, 1.54) is 4.90 Å². The van der Waals surface area contributed by atoms with Crippen LogP contribution in [0.2, 0.25) is 0 Å². The van der Waals surface area contributed by atoms with Gasteiger partial charge in [-0.15, -0.1) is 0 Å². The number of halogens is 3. The van der Waals surface area contributed by atoms with E-state index < -0.39 is 12.7 Å². The standard InChI is InChI=1S/C30H36F3N7O2/c1-18-12-19(2)36-29(42)25(18)15-35-28(41)24-14-23-13-22(27-34-6-7-37(27)5)16-40(23)26(20(24)3)21(4)39-10-8-38(9-11-39)17-30(31,32)33/h6-7,12-14,16,21H,8-11,15,17H2,1-5H3,(H,35,41)(H,36,42). The number of piperazine rings is 1. The van der Waals surface area contributed by atoms with E-state index in [0.29, 0.717) is 37.3 Å². The molecule has 0 aromatic carbocycles. The maximum absolute atomic E-state index is 13.6. The van der Waals surface area contributed by atoms with Gasteiger partial charge < -0.3 is 19.3 Å². The van der Waals surface area contributed by atoms with Crippen molar-refractivity contribution in [1.82, 2.24) is 34.1 Å². The van der Waals surface area contributed by atoms with E-state index >= 15 is 0 Å². The molecule has 5 rings (SSSR count). The van der Waals surface area contributed by atoms with Gasteiger partial charge in [0.2, 0.25) is 0 Å². The van der Waals surface area contributed by atoms with Gasteiger partial charge in [0.25, 0.3) is 11.5 Å². The van der Waals surface area contributed by atoms with Crippen LogP contribution in [-0.4, -0.2) is 73.5 Å². The molecule has 9 nitrogen and oxygen atoms in total. The minimum atomic E-state index is -4.23. The van der Waals surface area contributed by atoms with Crippen molar-refractivity contribution in [2.45, 2.75) is 46.5 Å². The number of nitrogens with one attached hydrogen (secondary N) is 2. The summed E-state index contributed by atoms with van der Waals surface area (Å²) in [5.74, 6) is 0.466. The van der Waals surface area contributed by atoms with Gasteiger partial charge in [-0.2, -0.15) is 13.2 Å². The van der Waals surface area contributed by atoms with Gasteiger partial charge >= 0.3 is 6.18 Å². The molecule has 42 heavy (non-hydrogen) atoms. The second-order valence-corrected chi connectivity index (χ2v) is 11.2. The summed E-state index contributed by atoms with van der Waals surface area (Å²) < 4.78 is 42.9. The zero-order valence-electron chi connectivity index (χ0n) is 24.5. The summed E-state index contributed by atoms with van der Waals surface area (Å²) in [5.41, 5.74) is 5.62. The van der Waals surface area contributed by atoms with E-state index in [0.717, 1.165) is 39.4 Å². The number of carbonyl (C=O) groups excluding carboxylic acids is 1. The molecule has 4 aromatic rings. The van der Waals surface area contributed by atoms with Crippen LogP contribution in [0.4, 0.5) is 13.2 Å². The highest BCUT2D eigenvalue weighted by atomic mass is 19.4. The van der Waals surface area contributed by atoms with Gasteiger partial charge in [-0.1, -0.05) is 0 Å². The lowest BCUT2D eigenvalue weighted by atomic mass is 10.00. The largest absolute Gasteiger partial charge is 0.401 e. The summed E-state index contributed by atoms with van der Waals surface area (Å²) in [4.78, 5) is 37.0. The monoisotopic (exact) mass is 583 g/mol. The summed E-state index contributed by atoms with van der Waals surface area (Å²) >= 11 is 0. The van der Waals surface area contributed by atoms with Crippen molar-refractivity contribution in [1.29, 1.82) is 0 Å². The number of aromatic nitrogens is 4. The summed E-state index contributed by atoms with van der Waals surface area (Å²) in [6.45, 7) is 8.29. The smallest absolute Gasteiger partial charge is 0.348 e. The number of alkyl halides is 3. The van der Waals surface area contributed by atoms with Crippen LogP contribution in [0.15, 0.2) is 41.6 Å². The first kappa shape index (κ1) is 29.6. The molecule has 0 bridgehead atoms. The molecular weight excluding hydrogens is 547 g/mol. The quantitative estimate of drug-likeness (QED) is 0.342. The molecule has 0 aliphatic carbocycles. The fourth-order valence-electron chi connectivity index (χ4n) is 5.99. The molecular formula is C30H36F3N7O2. The maximum atomic E-state index is 13.6. The second kappa shape index (κ2) is 11.4. The summed E-state index contributed by atoms with van der Waals surface area (Å²) in [6, 6.07) is 5.50. The van der Waals surface area contributed by atoms with E-state index in [4.69, 9.17) is 0 Å². The average molecular weight is 584 g/mol. The molecule has 2 N–H and O–H groups in total. The number of fused-ring (bicyclic) bond motifs is 1. The van der Waals surface area contributed by atoms with Crippen molar-refractivity contribution in [2.75, 3.05) is 32.7 Å². The number of nitrogens with zero attached hydrogens (tertiary/aromatic N) is 5. The fraction of sp³-hybridized carbons (Fsp3) is 0.433. The van der Waals surface area contributed by atoms with Crippen LogP contribution in [0.1, 0.15) is 51.4 Å². The van der Waals surface area contributed by atoms with Gasteiger partial charge in [0.1, 0.15) is 5.82 Å². The number of hydrogen-bond acceptors (Lipinski definition) is 5. The van der Waals surface area contributed by atoms with Crippen LogP contribution in [0.3, 0.4) is 0 Å². The summed E-state index contributed by atoms with van der Waals surface area (Å²) in [7, 11) is 1.91. The average Bonchev–Trinajstić information content (AvgIpc) is 3.52. The molecule has 1 aliphatic rings. The highest BCUT2D eigenvalue weighted by Crippen LogP contribution is 2.32. The molecule has 5 heterocycles. The number of amides is 1. The van der Waals surface area contributed by atoms with Crippen LogP contribution in [0.5, 0.6) is 0 Å². The lowest BCUT2D eigenvalue weighted by Gasteiger charge is -2.39. The first-order valence-corrected chi connectivity index (χ1v) is 14.0. The topological polar surface area (TPSA) is 90.7 Å². The van der Waals surface area contributed by atoms with Gasteiger partial charge in [0.15, 0.2) is 0 Å². The van der Waals surface area contributed by atoms with E-state index in [-0.39, 0.29) is 24.1 Å². The highest BCUT2D eigenvalue weighted by Gasteiger charge is 2.34. The van der Waals surface area contributed by atoms with Gasteiger partial charge in [0.05, 0.1) is 6.54 Å². The van der Waals surface area contributed by atoms with E-state index in [1.54, 1.807) is 6.20 Å². The second-order valence-electron chi connectivity index (χ2n) is 11.2. The number of aromatic amines is 1. The molecule has 1 saturated heterocycles. The van der Waals surface area contributed by atoms with Crippen LogP contribution < -0.4 is 10.9 Å². The SMILES string of the molecule is Cc1cc(C)c(CNC(=O)c2cc3cc(-c4nccn4C)cn3c(C(C)N3CCN(CC(F)(F)F)CC3)c2C)c(=O)[nH]1. The molecule has 224 valence electrons. The Bertz CT molecular complexity index is 1680. The Morgan fingerprint density at radius 3 is 2.45 bits per heavy atom. The Morgan fingerprint density at radius 1 is 1.12 bits per heavy atom. The van der Waals surface area contributed by atoms with Gasteiger partial charge in [-0.3, -0.25) is 19.4 Å². The fourth-order valence-corrected chi connectivity index (χ4v) is 5.99. The third-order valence-corrected chi connectivity index (χ3v) is 8.19. The Balaban J connectivity index is 1.50. The molecule has 0 radical (unpaired) electrons. The first-order valence-electron chi connectivity index (χ1n) is 14.0. The van der Waals surface area contributed by atoms with E-state index in [9.17, 15) is 22.8 Å². The third kappa shape index (κ3) is 6.00. The minimum Gasteiger partial charge on any atom is -0.348 e. The maximum Gasteiger partial charge on any atom is 0.401 e. The molecule has 1 unspecified atom stereocenters. The normalized spacial score (nSPS) is 15.8. The molecule has 1 amide bonds. The molecule has 1 atom stereocenters. The van der Waals surface area contributed by atoms with Crippen LogP contribution in [-0.2, 0) is 13.6 Å². The number of rotatable bonds is 7. The van der Waals surface area contributed by atoms with Crippen molar-refractivity contribution in [3.8, 4) is 11.4 Å². The Labute approximate surface area is 242 Å². The summed E-state index contributed by atoms with van der Waals surface area (Å²) in [6.07, 6.45) is 1.35. The number of hydrogen-bond donors (Lipinski definition) is 2. The van der Waals surface area contributed by atoms with Crippen molar-refractivity contribution in [2.24, 2.45) is 7.05 Å². The minimum absolute atomic E-state index is 0.0798. The Morgan fingerprint density at radius 2 is 1.83 bits per heavy atom. The zero-order valence-corrected chi connectivity index (χ0v) is 24.5. The predicted octanol–water partition coefficient (Wildman–Crippen LogP) is 4.12. The third-order valence-electron chi connectivity index (χ3n) is 8.19. The molecule has 1 fully saturated rings. The molecule has 1 aliphatic heterocycles. The van der Waals surface area contributed by atoms with E-state index in [1.807, 2.05) is 69.9 Å². The number of H-pyrrole nitrogens is 1. The molecule has 0 saturated carbocycles. The van der Waals surface area contributed by atoms with Gasteiger partial charge in [-0.25, -0.2) is 4.98 Å². The Hall–Kier alpha value is -3.90. The van der Waals surface area contributed by atoms with Crippen LogP contribution in [0, 0.1) is 20.8 Å². The predicted molar refractivity (Wildman–Crippen MR) is 155 cm³/mol. The molecule has 12 heteroatoms. The Kier molecular flexibility index (Phi) is 8.04. The zero-order chi connectivity index (χ0) is 30.3. The van der Waals surface area contributed by atoms with Crippen LogP contribution >= 0.6 is 0 Å². The number of aryl methyl sites for hydroxylation is 3. The molecule has 4 aromatic heterocycles. The van der Waals surface area contributed by atoms with Crippen LogP contribution in [0.25, 0.3) is 16.9 Å². The van der Waals surface area contributed by atoms with E-state index in [2.05, 4.69) is 24.6 Å². The van der Waals surface area contributed by atoms with Gasteiger partial charge in [-0.05, 0) is 57.0 Å². The van der Waals surface area contributed by atoms with Crippen molar-refractivity contribution >= 4 is 11.4 Å². The number of carbonyl (C=O) groups is 1. The van der Waals surface area contributed by atoms with Crippen molar-refractivity contribution < 1.29 is 18.0 Å². The summed E-state index contributed by atoms with van der Waals surface area (Å²) in [5, 5.41) is 2.93.